The van der Waals surface area contributed by atoms with E-state index in [-0.39, 0.29) is 0 Å². The summed E-state index contributed by atoms with van der Waals surface area (Å²) in [5.74, 6) is 0. The first-order chi connectivity index (χ1) is 6.91. The first-order valence-electron chi connectivity index (χ1n) is 5.11. The molecule has 0 aliphatic rings. The van der Waals surface area contributed by atoms with Gasteiger partial charge in [-0.3, -0.25) is 0 Å². The maximum Gasteiger partial charge on any atom is 0.0332 e. The Morgan fingerprint density at radius 1 is 0.714 bits per heavy atom. The van der Waals surface area contributed by atoms with Crippen LogP contribution in [0.2, 0.25) is 0 Å². The van der Waals surface area contributed by atoms with Crippen LogP contribution in [0.25, 0.3) is 0 Å². The number of nitrogens with one attached hydrogen (secondary N) is 4. The normalized spacial score (nSPS) is 10.7. The van der Waals surface area contributed by atoms with Crippen LogP contribution in [0.15, 0.2) is 0 Å². The Bertz CT molecular complexity index is 91.7. The van der Waals surface area contributed by atoms with Crippen molar-refractivity contribution in [2.45, 2.75) is 0 Å². The fraction of sp³-hybridized carbons (Fsp3) is 1.00. The average molecular weight is 205 g/mol. The van der Waals surface area contributed by atoms with Crippen LogP contribution >= 0.6 is 0 Å². The van der Waals surface area contributed by atoms with Gasteiger partial charge in [0.05, 0.1) is 0 Å². The van der Waals surface area contributed by atoms with Gasteiger partial charge in [-0.1, -0.05) is 0 Å². The van der Waals surface area contributed by atoms with Crippen LogP contribution in [-0.4, -0.2) is 57.6 Å². The highest BCUT2D eigenvalue weighted by Gasteiger charge is 1.88. The molecule has 0 aromatic carbocycles. The highest BCUT2D eigenvalue weighted by Crippen LogP contribution is 1.61. The molecule has 0 unspecified atom stereocenters. The molecule has 7 N–H and O–H groups in total. The lowest BCUT2D eigenvalue weighted by molar-refractivity contribution is 0.167. The topological polar surface area (TPSA) is 94.4 Å². The van der Waals surface area contributed by atoms with Gasteiger partial charge in [-0.15, -0.1) is 0 Å². The van der Waals surface area contributed by atoms with Crippen molar-refractivity contribution in [1.82, 2.24) is 21.4 Å². The molecule has 0 radical (unpaired) electrons. The fourth-order valence-corrected chi connectivity index (χ4v) is 0.975. The molecule has 0 saturated heterocycles. The molecular formula is C8H23N5O. The monoisotopic (exact) mass is 205 g/mol. The van der Waals surface area contributed by atoms with Crippen LogP contribution in [0.4, 0.5) is 0 Å². The highest BCUT2D eigenvalue weighted by molar-refractivity contribution is 4.55. The van der Waals surface area contributed by atoms with E-state index in [1.807, 2.05) is 0 Å². The summed E-state index contributed by atoms with van der Waals surface area (Å²) in [5.41, 5.74) is 7.41. The lowest BCUT2D eigenvalue weighted by Crippen LogP contribution is -2.35. The summed E-state index contributed by atoms with van der Waals surface area (Å²) in [6.07, 6.45) is 0. The van der Waals surface area contributed by atoms with E-state index in [0.29, 0.717) is 13.1 Å². The van der Waals surface area contributed by atoms with Gasteiger partial charge >= 0.3 is 0 Å². The molecule has 0 atom stereocenters. The van der Waals surface area contributed by atoms with Crippen LogP contribution in [0.1, 0.15) is 0 Å². The van der Waals surface area contributed by atoms with E-state index in [9.17, 15) is 0 Å². The van der Waals surface area contributed by atoms with Crippen molar-refractivity contribution in [3.63, 3.8) is 0 Å². The Kier molecular flexibility index (Phi) is 12.5. The largest absolute Gasteiger partial charge is 0.329 e. The molecule has 0 amide bonds. The molecule has 0 aliphatic heterocycles. The number of hydrogen-bond acceptors (Lipinski definition) is 6. The first-order valence-corrected chi connectivity index (χ1v) is 5.11. The fourth-order valence-electron chi connectivity index (χ4n) is 0.975. The molecule has 0 bridgehead atoms. The molecule has 0 aromatic heterocycles. The van der Waals surface area contributed by atoms with E-state index < -0.39 is 0 Å². The van der Waals surface area contributed by atoms with Gasteiger partial charge in [-0.2, -0.15) is 0 Å². The zero-order valence-electron chi connectivity index (χ0n) is 8.68. The van der Waals surface area contributed by atoms with Crippen molar-refractivity contribution >= 4 is 0 Å². The van der Waals surface area contributed by atoms with Crippen LogP contribution in [0.3, 0.4) is 0 Å². The summed E-state index contributed by atoms with van der Waals surface area (Å²) in [5, 5.41) is 17.9. The smallest absolute Gasteiger partial charge is 0.0332 e. The van der Waals surface area contributed by atoms with Crippen molar-refractivity contribution in [3.8, 4) is 0 Å². The van der Waals surface area contributed by atoms with E-state index in [0.717, 1.165) is 39.3 Å². The van der Waals surface area contributed by atoms with Crippen molar-refractivity contribution in [2.24, 2.45) is 5.73 Å². The van der Waals surface area contributed by atoms with Crippen LogP contribution in [-0.2, 0) is 0 Å². The molecule has 0 aromatic rings. The molecule has 14 heavy (non-hydrogen) atoms. The van der Waals surface area contributed by atoms with E-state index in [1.165, 1.54) is 0 Å². The minimum Gasteiger partial charge on any atom is -0.329 e. The Balaban J connectivity index is 2.78. The number of hydrogen-bond donors (Lipinski definition) is 6. The van der Waals surface area contributed by atoms with Crippen molar-refractivity contribution in [1.29, 1.82) is 0 Å². The summed E-state index contributed by atoms with van der Waals surface area (Å²) in [6.45, 7) is 6.70. The van der Waals surface area contributed by atoms with Crippen LogP contribution in [0, 0.1) is 0 Å². The molecule has 0 spiro atoms. The van der Waals surface area contributed by atoms with E-state index in [1.54, 1.807) is 0 Å². The van der Waals surface area contributed by atoms with E-state index in [2.05, 4.69) is 21.4 Å². The van der Waals surface area contributed by atoms with E-state index >= 15 is 0 Å². The quantitative estimate of drug-likeness (QED) is 0.168. The van der Waals surface area contributed by atoms with Crippen molar-refractivity contribution in [3.05, 3.63) is 0 Å². The molecule has 0 rings (SSSR count). The molecule has 0 saturated carbocycles. The van der Waals surface area contributed by atoms with Gasteiger partial charge in [0.25, 0.3) is 0 Å². The second-order valence-corrected chi connectivity index (χ2v) is 2.95. The van der Waals surface area contributed by atoms with Gasteiger partial charge in [0, 0.05) is 52.4 Å². The Hall–Kier alpha value is -0.240. The summed E-state index contributed by atoms with van der Waals surface area (Å²) >= 11 is 0. The minimum atomic E-state index is 0.581. The predicted molar refractivity (Wildman–Crippen MR) is 57.5 cm³/mol. The number of nitrogens with two attached hydrogens (primary N) is 1. The first kappa shape index (κ1) is 13.8. The van der Waals surface area contributed by atoms with Gasteiger partial charge in [-0.05, 0) is 0 Å². The SMILES string of the molecule is NCCNCCNCCNCCNO. The van der Waals surface area contributed by atoms with Gasteiger partial charge in [0.15, 0.2) is 0 Å². The maximum atomic E-state index is 8.27. The average Bonchev–Trinajstić information content (AvgIpc) is 2.21. The van der Waals surface area contributed by atoms with Crippen LogP contribution < -0.4 is 27.2 Å². The molecule has 6 heteroatoms. The van der Waals surface area contributed by atoms with Crippen molar-refractivity contribution < 1.29 is 5.21 Å². The Morgan fingerprint density at radius 3 is 1.57 bits per heavy atom. The maximum absolute atomic E-state index is 8.27. The summed E-state index contributed by atoms with van der Waals surface area (Å²) < 4.78 is 0. The van der Waals surface area contributed by atoms with Crippen molar-refractivity contribution in [2.75, 3.05) is 52.4 Å². The lowest BCUT2D eigenvalue weighted by Gasteiger charge is -2.06. The van der Waals surface area contributed by atoms with Gasteiger partial charge in [-0.25, -0.2) is 5.48 Å². The van der Waals surface area contributed by atoms with Gasteiger partial charge < -0.3 is 26.9 Å². The zero-order chi connectivity index (χ0) is 10.5. The van der Waals surface area contributed by atoms with Crippen LogP contribution in [0.5, 0.6) is 0 Å². The molecule has 0 heterocycles. The zero-order valence-corrected chi connectivity index (χ0v) is 8.68. The molecule has 6 nitrogen and oxygen atoms in total. The number of rotatable bonds is 11. The second kappa shape index (κ2) is 12.8. The molecular weight excluding hydrogens is 182 g/mol. The number of hydroxylamine groups is 1. The standard InChI is InChI=1S/C8H23N5O/c9-1-2-10-3-4-11-5-6-12-7-8-13-14/h10-14H,1-9H2. The highest BCUT2D eigenvalue weighted by atomic mass is 16.5. The predicted octanol–water partition coefficient (Wildman–Crippen LogP) is -2.31. The lowest BCUT2D eigenvalue weighted by atomic mass is 10.5. The minimum absolute atomic E-state index is 0.581. The third-order valence-corrected chi connectivity index (χ3v) is 1.69. The molecule has 0 fully saturated rings. The summed E-state index contributed by atoms with van der Waals surface area (Å²) in [6, 6.07) is 0. The van der Waals surface area contributed by atoms with Gasteiger partial charge in [0.1, 0.15) is 0 Å². The van der Waals surface area contributed by atoms with E-state index in [4.69, 9.17) is 10.9 Å². The third-order valence-electron chi connectivity index (χ3n) is 1.69. The molecule has 0 aliphatic carbocycles. The summed E-state index contributed by atoms with van der Waals surface area (Å²) in [4.78, 5) is 0. The summed E-state index contributed by atoms with van der Waals surface area (Å²) in [7, 11) is 0. The van der Waals surface area contributed by atoms with Gasteiger partial charge in [0.2, 0.25) is 0 Å². The third kappa shape index (κ3) is 11.8. The second-order valence-electron chi connectivity index (χ2n) is 2.95. The Labute approximate surface area is 85.6 Å². The Morgan fingerprint density at radius 2 is 1.14 bits per heavy atom. The molecule has 86 valence electrons.